The predicted molar refractivity (Wildman–Crippen MR) is 48.0 cm³/mol. The lowest BCUT2D eigenvalue weighted by molar-refractivity contribution is 0.0506. The second-order valence-corrected chi connectivity index (χ2v) is 3.14. The van der Waals surface area contributed by atoms with Crippen molar-refractivity contribution in [2.75, 3.05) is 0 Å². The fourth-order valence-corrected chi connectivity index (χ4v) is 1.12. The summed E-state index contributed by atoms with van der Waals surface area (Å²) in [5.74, 6) is 0.157. The lowest BCUT2D eigenvalue weighted by atomic mass is 9.93. The third kappa shape index (κ3) is 1.59. The van der Waals surface area contributed by atoms with Gasteiger partial charge in [-0.05, 0) is 19.4 Å². The maximum Gasteiger partial charge on any atom is 0.121 e. The van der Waals surface area contributed by atoms with Crippen molar-refractivity contribution < 1.29 is 10.2 Å². The van der Waals surface area contributed by atoms with Gasteiger partial charge in [0.1, 0.15) is 5.75 Å². The average molecular weight is 166 g/mol. The Morgan fingerprint density at radius 3 is 2.42 bits per heavy atom. The summed E-state index contributed by atoms with van der Waals surface area (Å²) < 4.78 is 0. The van der Waals surface area contributed by atoms with E-state index in [9.17, 15) is 10.2 Å². The van der Waals surface area contributed by atoms with E-state index in [1.807, 2.05) is 6.92 Å². The molecule has 0 fully saturated rings. The van der Waals surface area contributed by atoms with Crippen LogP contribution in [0.5, 0.6) is 5.75 Å². The Labute approximate surface area is 72.5 Å². The van der Waals surface area contributed by atoms with Crippen LogP contribution in [0.1, 0.15) is 25.8 Å². The summed E-state index contributed by atoms with van der Waals surface area (Å²) in [5, 5.41) is 19.2. The number of hydrogen-bond donors (Lipinski definition) is 2. The summed E-state index contributed by atoms with van der Waals surface area (Å²) in [4.78, 5) is 0. The van der Waals surface area contributed by atoms with E-state index >= 15 is 0 Å². The Kier molecular flexibility index (Phi) is 2.38. The Balaban J connectivity index is 3.10. The van der Waals surface area contributed by atoms with Crippen molar-refractivity contribution in [2.45, 2.75) is 25.9 Å². The van der Waals surface area contributed by atoms with Gasteiger partial charge in [0.2, 0.25) is 0 Å². The van der Waals surface area contributed by atoms with E-state index in [-0.39, 0.29) is 5.75 Å². The molecular formula is C10H14O2. The normalized spacial score (nSPS) is 15.6. The predicted octanol–water partition coefficient (Wildman–Crippen LogP) is 2.01. The average Bonchev–Trinajstić information content (AvgIpc) is 2.05. The summed E-state index contributed by atoms with van der Waals surface area (Å²) in [6, 6.07) is 6.86. The summed E-state index contributed by atoms with van der Waals surface area (Å²) in [5.41, 5.74) is -0.335. The van der Waals surface area contributed by atoms with Crippen LogP contribution in [0.15, 0.2) is 24.3 Å². The highest BCUT2D eigenvalue weighted by Crippen LogP contribution is 2.30. The maximum atomic E-state index is 9.82. The molecule has 0 radical (unpaired) electrons. The number of phenolic OH excluding ortho intramolecular Hbond substituents is 1. The van der Waals surface area contributed by atoms with Crippen molar-refractivity contribution in [3.8, 4) is 5.75 Å². The Hall–Kier alpha value is -1.02. The molecule has 0 aromatic heterocycles. The zero-order valence-corrected chi connectivity index (χ0v) is 7.41. The largest absolute Gasteiger partial charge is 0.508 e. The van der Waals surface area contributed by atoms with E-state index in [2.05, 4.69) is 0 Å². The van der Waals surface area contributed by atoms with Gasteiger partial charge in [-0.25, -0.2) is 0 Å². The quantitative estimate of drug-likeness (QED) is 0.705. The third-order valence-corrected chi connectivity index (χ3v) is 2.17. The van der Waals surface area contributed by atoms with Crippen LogP contribution >= 0.6 is 0 Å². The first-order chi connectivity index (χ1) is 5.58. The molecule has 1 atom stereocenters. The maximum absolute atomic E-state index is 9.82. The van der Waals surface area contributed by atoms with Gasteiger partial charge in [-0.2, -0.15) is 0 Å². The van der Waals surface area contributed by atoms with Crippen molar-refractivity contribution in [3.05, 3.63) is 29.8 Å². The number of benzene rings is 1. The van der Waals surface area contributed by atoms with E-state index < -0.39 is 5.60 Å². The van der Waals surface area contributed by atoms with Crippen LogP contribution in [0, 0.1) is 0 Å². The molecule has 12 heavy (non-hydrogen) atoms. The molecule has 2 nitrogen and oxygen atoms in total. The second kappa shape index (κ2) is 3.15. The minimum Gasteiger partial charge on any atom is -0.508 e. The van der Waals surface area contributed by atoms with Crippen molar-refractivity contribution in [3.63, 3.8) is 0 Å². The second-order valence-electron chi connectivity index (χ2n) is 3.14. The van der Waals surface area contributed by atoms with Gasteiger partial charge in [-0.15, -0.1) is 0 Å². The highest BCUT2D eigenvalue weighted by Gasteiger charge is 2.22. The highest BCUT2D eigenvalue weighted by molar-refractivity contribution is 5.35. The number of hydrogen-bond acceptors (Lipinski definition) is 2. The summed E-state index contributed by atoms with van der Waals surface area (Å²) in [6.07, 6.45) is 0.588. The van der Waals surface area contributed by atoms with Crippen LogP contribution < -0.4 is 0 Å². The fourth-order valence-electron chi connectivity index (χ4n) is 1.12. The van der Waals surface area contributed by atoms with Crippen molar-refractivity contribution in [1.82, 2.24) is 0 Å². The van der Waals surface area contributed by atoms with Crippen molar-refractivity contribution in [1.29, 1.82) is 0 Å². The Morgan fingerprint density at radius 1 is 1.33 bits per heavy atom. The van der Waals surface area contributed by atoms with Crippen LogP contribution in [0.2, 0.25) is 0 Å². The molecular weight excluding hydrogens is 152 g/mol. The van der Waals surface area contributed by atoms with E-state index in [1.165, 1.54) is 0 Å². The number of para-hydroxylation sites is 1. The van der Waals surface area contributed by atoms with Crippen molar-refractivity contribution in [2.24, 2.45) is 0 Å². The van der Waals surface area contributed by atoms with Crippen molar-refractivity contribution >= 4 is 0 Å². The lowest BCUT2D eigenvalue weighted by Crippen LogP contribution is -2.19. The molecule has 0 saturated heterocycles. The molecule has 0 amide bonds. The smallest absolute Gasteiger partial charge is 0.121 e. The number of phenols is 1. The fraction of sp³-hybridized carbons (Fsp3) is 0.400. The van der Waals surface area contributed by atoms with Crippen LogP contribution in [0.25, 0.3) is 0 Å². The molecule has 0 bridgehead atoms. The third-order valence-electron chi connectivity index (χ3n) is 2.17. The van der Waals surface area contributed by atoms with Gasteiger partial charge in [0, 0.05) is 5.56 Å². The van der Waals surface area contributed by atoms with Gasteiger partial charge >= 0.3 is 0 Å². The number of aliphatic hydroxyl groups is 1. The Bertz CT molecular complexity index is 266. The van der Waals surface area contributed by atoms with Crippen LogP contribution in [-0.2, 0) is 5.60 Å². The SMILES string of the molecule is CCC(C)(O)c1ccccc1O. The molecule has 0 aliphatic rings. The van der Waals surface area contributed by atoms with Gasteiger partial charge < -0.3 is 10.2 Å². The molecule has 2 heteroatoms. The van der Waals surface area contributed by atoms with Crippen LogP contribution in [0.3, 0.4) is 0 Å². The van der Waals surface area contributed by atoms with E-state index in [4.69, 9.17) is 0 Å². The first-order valence-electron chi connectivity index (χ1n) is 4.09. The summed E-state index contributed by atoms with van der Waals surface area (Å²) in [6.45, 7) is 3.58. The summed E-state index contributed by atoms with van der Waals surface area (Å²) >= 11 is 0. The molecule has 0 saturated carbocycles. The van der Waals surface area contributed by atoms with E-state index in [0.717, 1.165) is 0 Å². The first-order valence-corrected chi connectivity index (χ1v) is 4.09. The van der Waals surface area contributed by atoms with Gasteiger partial charge in [0.15, 0.2) is 0 Å². The van der Waals surface area contributed by atoms with Gasteiger partial charge in [0.05, 0.1) is 5.60 Å². The first kappa shape index (κ1) is 9.07. The topological polar surface area (TPSA) is 40.5 Å². The standard InChI is InChI=1S/C10H14O2/c1-3-10(2,12)8-6-4-5-7-9(8)11/h4-7,11-12H,3H2,1-2H3. The van der Waals surface area contributed by atoms with Crippen LogP contribution in [-0.4, -0.2) is 10.2 Å². The molecule has 2 N–H and O–H groups in total. The molecule has 1 unspecified atom stereocenters. The zero-order valence-electron chi connectivity index (χ0n) is 7.41. The van der Waals surface area contributed by atoms with Gasteiger partial charge in [0.25, 0.3) is 0 Å². The van der Waals surface area contributed by atoms with Crippen LogP contribution in [0.4, 0.5) is 0 Å². The lowest BCUT2D eigenvalue weighted by Gasteiger charge is -2.22. The molecule has 0 heterocycles. The molecule has 1 aromatic carbocycles. The minimum absolute atomic E-state index is 0.157. The molecule has 0 aliphatic carbocycles. The molecule has 1 rings (SSSR count). The molecule has 0 aliphatic heterocycles. The van der Waals surface area contributed by atoms with Gasteiger partial charge in [-0.3, -0.25) is 0 Å². The molecule has 66 valence electrons. The Morgan fingerprint density at radius 2 is 1.92 bits per heavy atom. The zero-order chi connectivity index (χ0) is 9.19. The van der Waals surface area contributed by atoms with E-state index in [0.29, 0.717) is 12.0 Å². The monoisotopic (exact) mass is 166 g/mol. The summed E-state index contributed by atoms with van der Waals surface area (Å²) in [7, 11) is 0. The molecule has 0 spiro atoms. The number of rotatable bonds is 2. The number of aromatic hydroxyl groups is 1. The minimum atomic E-state index is -0.925. The van der Waals surface area contributed by atoms with Gasteiger partial charge in [-0.1, -0.05) is 25.1 Å². The van der Waals surface area contributed by atoms with E-state index in [1.54, 1.807) is 31.2 Å². The molecule has 1 aromatic rings. The highest BCUT2D eigenvalue weighted by atomic mass is 16.3.